The fourth-order valence-corrected chi connectivity index (χ4v) is 3.44. The molecule has 0 saturated carbocycles. The molecule has 0 aliphatic carbocycles. The Morgan fingerprint density at radius 1 is 0.880 bits per heavy atom. The van der Waals surface area contributed by atoms with E-state index in [1.807, 2.05) is 55.5 Å². The highest BCUT2D eigenvalue weighted by Crippen LogP contribution is 2.51. The molecular weight excluding hydrogens is 315 g/mol. The van der Waals surface area contributed by atoms with Crippen LogP contribution < -0.4 is 0 Å². The predicted molar refractivity (Wildman–Crippen MR) is 95.6 cm³/mol. The molecule has 0 aromatic heterocycles. The fraction of sp³-hybridized carbons (Fsp3) is 0.0909. The maximum Gasteiger partial charge on any atom is 0.185 e. The molecule has 0 spiro atoms. The lowest BCUT2D eigenvalue weighted by Crippen LogP contribution is -2.28. The Bertz CT molecular complexity index is 895. The molecule has 3 aromatic rings. The van der Waals surface area contributed by atoms with Gasteiger partial charge in [0.2, 0.25) is 0 Å². The number of halogens is 1. The van der Waals surface area contributed by atoms with Crippen LogP contribution in [0.4, 0.5) is 4.39 Å². The number of fused-ring (bicyclic) bond motifs is 1. The molecular formula is C22H17FO2. The summed E-state index contributed by atoms with van der Waals surface area (Å²) in [6.45, 7) is 2.02. The number of aliphatic hydroxyl groups excluding tert-OH is 1. The average molecular weight is 332 g/mol. The van der Waals surface area contributed by atoms with Gasteiger partial charge in [-0.3, -0.25) is 0 Å². The zero-order valence-electron chi connectivity index (χ0n) is 13.7. The molecule has 2 nitrogen and oxygen atoms in total. The maximum absolute atomic E-state index is 13.5. The van der Waals surface area contributed by atoms with Crippen LogP contribution in [0, 0.1) is 12.7 Å². The van der Waals surface area contributed by atoms with E-state index in [0.29, 0.717) is 5.76 Å². The SMILES string of the molecule is Cc1ccc(C2(c3ccc(F)cc3)O/C(=C\O)c3ccccc32)cc1. The molecule has 0 saturated heterocycles. The van der Waals surface area contributed by atoms with Crippen LogP contribution in [0.15, 0.2) is 79.1 Å². The minimum Gasteiger partial charge on any atom is -0.512 e. The van der Waals surface area contributed by atoms with E-state index in [4.69, 9.17) is 4.74 Å². The molecule has 1 aliphatic heterocycles. The topological polar surface area (TPSA) is 29.5 Å². The Balaban J connectivity index is 2.04. The summed E-state index contributed by atoms with van der Waals surface area (Å²) in [6, 6.07) is 22.1. The lowest BCUT2D eigenvalue weighted by atomic mass is 9.79. The second kappa shape index (κ2) is 5.78. The van der Waals surface area contributed by atoms with E-state index in [2.05, 4.69) is 0 Å². The lowest BCUT2D eigenvalue weighted by Gasteiger charge is -2.31. The zero-order valence-corrected chi connectivity index (χ0v) is 13.7. The van der Waals surface area contributed by atoms with Crippen LogP contribution in [0.2, 0.25) is 0 Å². The van der Waals surface area contributed by atoms with Gasteiger partial charge in [-0.15, -0.1) is 0 Å². The van der Waals surface area contributed by atoms with Crippen LogP contribution in [0.3, 0.4) is 0 Å². The van der Waals surface area contributed by atoms with E-state index in [-0.39, 0.29) is 5.82 Å². The normalized spacial score (nSPS) is 20.3. The highest BCUT2D eigenvalue weighted by molar-refractivity contribution is 5.72. The van der Waals surface area contributed by atoms with E-state index >= 15 is 0 Å². The molecule has 1 heterocycles. The van der Waals surface area contributed by atoms with Crippen molar-refractivity contribution < 1.29 is 14.2 Å². The van der Waals surface area contributed by atoms with Gasteiger partial charge in [-0.25, -0.2) is 4.39 Å². The molecule has 0 amide bonds. The molecule has 3 heteroatoms. The van der Waals surface area contributed by atoms with Gasteiger partial charge in [-0.2, -0.15) is 0 Å². The molecule has 124 valence electrons. The summed E-state index contributed by atoms with van der Waals surface area (Å²) in [4.78, 5) is 0. The zero-order chi connectivity index (χ0) is 17.4. The highest BCUT2D eigenvalue weighted by atomic mass is 19.1. The van der Waals surface area contributed by atoms with E-state index in [9.17, 15) is 9.50 Å². The smallest absolute Gasteiger partial charge is 0.185 e. The summed E-state index contributed by atoms with van der Waals surface area (Å²) in [7, 11) is 0. The van der Waals surface area contributed by atoms with E-state index < -0.39 is 5.60 Å². The molecule has 0 fully saturated rings. The van der Waals surface area contributed by atoms with Crippen LogP contribution in [0.1, 0.15) is 27.8 Å². The first-order chi connectivity index (χ1) is 12.1. The van der Waals surface area contributed by atoms with Crippen LogP contribution >= 0.6 is 0 Å². The first kappa shape index (κ1) is 15.5. The molecule has 4 rings (SSSR count). The Hall–Kier alpha value is -3.07. The van der Waals surface area contributed by atoms with Crippen LogP contribution in [-0.4, -0.2) is 5.11 Å². The minimum absolute atomic E-state index is 0.299. The number of aryl methyl sites for hydroxylation is 1. The largest absolute Gasteiger partial charge is 0.512 e. The van der Waals surface area contributed by atoms with Crippen molar-refractivity contribution >= 4 is 5.76 Å². The van der Waals surface area contributed by atoms with Gasteiger partial charge in [0.15, 0.2) is 11.4 Å². The highest BCUT2D eigenvalue weighted by Gasteiger charge is 2.46. The summed E-state index contributed by atoms with van der Waals surface area (Å²) < 4.78 is 19.8. The fourth-order valence-electron chi connectivity index (χ4n) is 3.44. The van der Waals surface area contributed by atoms with Gasteiger partial charge in [0.1, 0.15) is 12.1 Å². The van der Waals surface area contributed by atoms with Gasteiger partial charge < -0.3 is 9.84 Å². The maximum atomic E-state index is 13.5. The van der Waals surface area contributed by atoms with Crippen molar-refractivity contribution in [2.75, 3.05) is 0 Å². The summed E-state index contributed by atoms with van der Waals surface area (Å²) in [5.74, 6) is 0.104. The lowest BCUT2D eigenvalue weighted by molar-refractivity contribution is 0.135. The van der Waals surface area contributed by atoms with Crippen molar-refractivity contribution in [2.24, 2.45) is 0 Å². The number of rotatable bonds is 2. The predicted octanol–water partition coefficient (Wildman–Crippen LogP) is 5.31. The Morgan fingerprint density at radius 3 is 2.12 bits per heavy atom. The minimum atomic E-state index is -0.924. The first-order valence-electron chi connectivity index (χ1n) is 8.11. The van der Waals surface area contributed by atoms with Gasteiger partial charge in [-0.1, -0.05) is 66.2 Å². The van der Waals surface area contributed by atoms with E-state index in [1.165, 1.54) is 12.1 Å². The molecule has 0 bridgehead atoms. The summed E-state index contributed by atoms with van der Waals surface area (Å²) in [5, 5.41) is 9.68. The monoisotopic (exact) mass is 332 g/mol. The van der Waals surface area contributed by atoms with Gasteiger partial charge in [0.25, 0.3) is 0 Å². The number of benzene rings is 3. The molecule has 3 aromatic carbocycles. The van der Waals surface area contributed by atoms with E-state index in [1.54, 1.807) is 12.1 Å². The van der Waals surface area contributed by atoms with Crippen molar-refractivity contribution in [3.63, 3.8) is 0 Å². The van der Waals surface area contributed by atoms with E-state index in [0.717, 1.165) is 34.1 Å². The quantitative estimate of drug-likeness (QED) is 0.644. The van der Waals surface area contributed by atoms with Crippen LogP contribution in [0.5, 0.6) is 0 Å². The Morgan fingerprint density at radius 2 is 1.48 bits per heavy atom. The summed E-state index contributed by atoms with van der Waals surface area (Å²) in [6.07, 6.45) is 0.984. The van der Waals surface area contributed by atoms with Crippen molar-refractivity contribution in [1.82, 2.24) is 0 Å². The number of hydrogen-bond donors (Lipinski definition) is 1. The second-order valence-electron chi connectivity index (χ2n) is 6.20. The standard InChI is InChI=1S/C22H17FO2/c1-15-6-8-16(9-7-15)22(17-10-12-18(23)13-11-17)20-5-3-2-4-19(20)21(14-24)25-22/h2-14,24H,1H3/b21-14-. The van der Waals surface area contributed by atoms with Crippen molar-refractivity contribution in [3.05, 3.63) is 113 Å². The molecule has 25 heavy (non-hydrogen) atoms. The van der Waals surface area contributed by atoms with Crippen LogP contribution in [-0.2, 0) is 10.3 Å². The second-order valence-corrected chi connectivity index (χ2v) is 6.20. The number of ether oxygens (including phenoxy) is 1. The number of aliphatic hydroxyl groups is 1. The van der Waals surface area contributed by atoms with Gasteiger partial charge >= 0.3 is 0 Å². The van der Waals surface area contributed by atoms with Gasteiger partial charge in [0.05, 0.1) is 0 Å². The van der Waals surface area contributed by atoms with Crippen LogP contribution in [0.25, 0.3) is 5.76 Å². The van der Waals surface area contributed by atoms with Gasteiger partial charge in [0, 0.05) is 22.3 Å². The average Bonchev–Trinajstić information content (AvgIpc) is 2.99. The van der Waals surface area contributed by atoms with Crippen molar-refractivity contribution in [3.8, 4) is 0 Å². The number of hydrogen-bond acceptors (Lipinski definition) is 2. The summed E-state index contributed by atoms with van der Waals surface area (Å²) >= 11 is 0. The third-order valence-electron chi connectivity index (χ3n) is 4.66. The Kier molecular flexibility index (Phi) is 3.57. The third kappa shape index (κ3) is 2.31. The Labute approximate surface area is 145 Å². The molecule has 1 unspecified atom stereocenters. The third-order valence-corrected chi connectivity index (χ3v) is 4.66. The molecule has 1 N–H and O–H groups in total. The van der Waals surface area contributed by atoms with Crippen molar-refractivity contribution in [2.45, 2.75) is 12.5 Å². The molecule has 1 aliphatic rings. The first-order valence-corrected chi connectivity index (χ1v) is 8.11. The summed E-state index contributed by atoms with van der Waals surface area (Å²) in [5.41, 5.74) is 3.70. The van der Waals surface area contributed by atoms with Crippen molar-refractivity contribution in [1.29, 1.82) is 0 Å². The molecule has 1 atom stereocenters. The van der Waals surface area contributed by atoms with Gasteiger partial charge in [-0.05, 0) is 19.1 Å². The molecule has 0 radical (unpaired) electrons.